The fraction of sp³-hybridized carbons (Fsp3) is 0. The minimum Gasteiger partial charge on any atom is -0.780 e. The zero-order chi connectivity index (χ0) is 14.8. The van der Waals surface area contributed by atoms with Crippen LogP contribution in [0.3, 0.4) is 0 Å². The standard InChI is InChI=1S/C18H11BFS.6Y/c19-16-9-7-14(10-17(16)20)15-8-6-13(11-18(15)21)12-4-2-1-3-5-12;;;;;;/h1-4,6-11,21H;;;;;;/q-1;;;;;;/p-1. The molecule has 0 aliphatic carbocycles. The van der Waals surface area contributed by atoms with E-state index in [2.05, 4.69) is 6.07 Å². The summed E-state index contributed by atoms with van der Waals surface area (Å²) in [6, 6.07) is 21.4. The van der Waals surface area contributed by atoms with E-state index in [-0.39, 0.29) is 202 Å². The SMILES string of the molecule is [B]c1ccc(-c2ccc(-c3[c-]cccc3)cc2[S-])cc1F.[Y].[Y].[Y].[Y].[Y].[Y]. The fourth-order valence-corrected chi connectivity index (χ4v) is 2.51. The second-order valence-corrected chi connectivity index (χ2v) is 5.16. The second kappa shape index (κ2) is 19.9. The van der Waals surface area contributed by atoms with Crippen LogP contribution in [0.5, 0.6) is 0 Å². The number of hydrogen-bond donors (Lipinski definition) is 0. The molecule has 8 radical (unpaired) electrons. The minimum absolute atomic E-state index is 0. The molecule has 27 heavy (non-hydrogen) atoms. The molecule has 0 unspecified atom stereocenters. The Balaban J connectivity index is -0.000000441. The van der Waals surface area contributed by atoms with Crippen LogP contribution in [0.25, 0.3) is 22.3 Å². The molecular formula is C18H10BFSY6-2. The molecule has 0 saturated heterocycles. The summed E-state index contributed by atoms with van der Waals surface area (Å²) in [5.41, 5.74) is 3.68. The first kappa shape index (κ1) is 38.7. The van der Waals surface area contributed by atoms with E-state index < -0.39 is 5.82 Å². The second-order valence-electron chi connectivity index (χ2n) is 4.72. The molecule has 3 rings (SSSR count). The van der Waals surface area contributed by atoms with Crippen molar-refractivity contribution in [2.45, 2.75) is 4.90 Å². The summed E-state index contributed by atoms with van der Waals surface area (Å²) in [5.74, 6) is -0.428. The van der Waals surface area contributed by atoms with Crippen LogP contribution in [-0.2, 0) is 209 Å². The van der Waals surface area contributed by atoms with E-state index in [9.17, 15) is 4.39 Å². The van der Waals surface area contributed by atoms with E-state index in [0.717, 1.165) is 22.3 Å². The van der Waals surface area contributed by atoms with Gasteiger partial charge in [0.1, 0.15) is 13.7 Å². The van der Waals surface area contributed by atoms with Gasteiger partial charge in [0.2, 0.25) is 0 Å². The Kier molecular flexibility index (Phi) is 28.6. The summed E-state index contributed by atoms with van der Waals surface area (Å²) < 4.78 is 13.6. The molecule has 9 heteroatoms. The first-order valence-electron chi connectivity index (χ1n) is 6.49. The van der Waals surface area contributed by atoms with E-state index in [0.29, 0.717) is 4.90 Å². The van der Waals surface area contributed by atoms with Gasteiger partial charge in [0.25, 0.3) is 0 Å². The Bertz CT molecular complexity index is 805. The van der Waals surface area contributed by atoms with Gasteiger partial charge in [-0.05, 0) is 17.2 Å². The molecular weight excluding hydrogens is 812 g/mol. The molecule has 118 valence electrons. The molecule has 0 saturated carbocycles. The first-order valence-corrected chi connectivity index (χ1v) is 6.89. The van der Waals surface area contributed by atoms with Crippen LogP contribution in [0.1, 0.15) is 0 Å². The summed E-state index contributed by atoms with van der Waals surface area (Å²) >= 11 is 5.43. The Hall–Kier alpha value is 4.50. The Morgan fingerprint density at radius 2 is 1.41 bits per heavy atom. The average molecular weight is 822 g/mol. The van der Waals surface area contributed by atoms with Gasteiger partial charge in [-0.3, -0.25) is 0 Å². The first-order chi connectivity index (χ1) is 10.1. The molecule has 0 aliphatic heterocycles. The molecule has 0 aromatic heterocycles. The monoisotopic (exact) mass is 821 g/mol. The molecule has 0 bridgehead atoms. The van der Waals surface area contributed by atoms with Crippen LogP contribution in [0, 0.1) is 11.9 Å². The van der Waals surface area contributed by atoms with Crippen molar-refractivity contribution < 1.29 is 201 Å². The molecule has 0 heterocycles. The number of halogens is 1. The molecule has 3 aromatic carbocycles. The van der Waals surface area contributed by atoms with Crippen molar-refractivity contribution in [1.29, 1.82) is 0 Å². The quantitative estimate of drug-likeness (QED) is 0.217. The molecule has 3 aromatic rings. The molecule has 0 nitrogen and oxygen atoms in total. The van der Waals surface area contributed by atoms with Gasteiger partial charge in [-0.2, -0.15) is 4.90 Å². The van der Waals surface area contributed by atoms with E-state index in [1.165, 1.54) is 6.07 Å². The van der Waals surface area contributed by atoms with E-state index in [4.69, 9.17) is 20.5 Å². The van der Waals surface area contributed by atoms with Crippen molar-refractivity contribution in [1.82, 2.24) is 0 Å². The van der Waals surface area contributed by atoms with Crippen molar-refractivity contribution in [2.75, 3.05) is 0 Å². The van der Waals surface area contributed by atoms with Gasteiger partial charge in [0.05, 0.1) is 0 Å². The van der Waals surface area contributed by atoms with Crippen LogP contribution in [-0.4, -0.2) is 7.85 Å². The number of hydrogen-bond acceptors (Lipinski definition) is 1. The van der Waals surface area contributed by atoms with Gasteiger partial charge in [0, 0.05) is 196 Å². The van der Waals surface area contributed by atoms with Gasteiger partial charge >= 0.3 is 0 Å². The van der Waals surface area contributed by atoms with Crippen LogP contribution >= 0.6 is 0 Å². The van der Waals surface area contributed by atoms with Crippen molar-refractivity contribution in [3.05, 3.63) is 72.5 Å². The van der Waals surface area contributed by atoms with Crippen molar-refractivity contribution in [3.8, 4) is 22.3 Å². The third-order valence-corrected chi connectivity index (χ3v) is 3.65. The summed E-state index contributed by atoms with van der Waals surface area (Å²) in [6.07, 6.45) is 0. The predicted octanol–water partition coefficient (Wildman–Crippen LogP) is 3.64. The van der Waals surface area contributed by atoms with Gasteiger partial charge < -0.3 is 12.6 Å². The van der Waals surface area contributed by atoms with Crippen molar-refractivity contribution in [3.63, 3.8) is 0 Å². The zero-order valence-electron chi connectivity index (χ0n) is 14.6. The molecule has 0 atom stereocenters. The number of benzene rings is 3. The third-order valence-electron chi connectivity index (χ3n) is 3.31. The normalized spacial score (nSPS) is 8.19. The van der Waals surface area contributed by atoms with Gasteiger partial charge in [-0.15, -0.1) is 47.5 Å². The zero-order valence-corrected chi connectivity index (χ0v) is 32.4. The van der Waals surface area contributed by atoms with E-state index >= 15 is 0 Å². The molecule has 0 spiro atoms. The Morgan fingerprint density at radius 3 is 1.93 bits per heavy atom. The van der Waals surface area contributed by atoms with Crippen LogP contribution < -0.4 is 5.46 Å². The maximum Gasteiger partial charge on any atom is 0.117 e. The smallest absolute Gasteiger partial charge is 0.117 e. The van der Waals surface area contributed by atoms with E-state index in [1.807, 2.05) is 42.5 Å². The molecule has 0 aliphatic rings. The Labute approximate surface area is 318 Å². The summed E-state index contributed by atoms with van der Waals surface area (Å²) in [5, 5.41) is 0. The van der Waals surface area contributed by atoms with Crippen LogP contribution in [0.2, 0.25) is 0 Å². The van der Waals surface area contributed by atoms with Gasteiger partial charge in [-0.1, -0.05) is 29.7 Å². The summed E-state index contributed by atoms with van der Waals surface area (Å²) in [4.78, 5) is 0.675. The predicted molar refractivity (Wildman–Crippen MR) is 87.1 cm³/mol. The van der Waals surface area contributed by atoms with Crippen LogP contribution in [0.4, 0.5) is 4.39 Å². The summed E-state index contributed by atoms with van der Waals surface area (Å²) in [7, 11) is 5.50. The largest absolute Gasteiger partial charge is 0.780 e. The van der Waals surface area contributed by atoms with Gasteiger partial charge in [0.15, 0.2) is 0 Å². The molecule has 0 fully saturated rings. The number of rotatable bonds is 2. The maximum absolute atomic E-state index is 13.6. The minimum atomic E-state index is -0.428. The molecule has 0 N–H and O–H groups in total. The third kappa shape index (κ3) is 11.5. The topological polar surface area (TPSA) is 0 Å². The van der Waals surface area contributed by atoms with E-state index in [1.54, 1.807) is 12.1 Å². The van der Waals surface area contributed by atoms with Crippen molar-refractivity contribution in [2.24, 2.45) is 0 Å². The fourth-order valence-electron chi connectivity index (χ4n) is 2.20. The maximum atomic E-state index is 13.6. The van der Waals surface area contributed by atoms with Crippen molar-refractivity contribution >= 4 is 25.9 Å². The Morgan fingerprint density at radius 1 is 0.778 bits per heavy atom. The summed E-state index contributed by atoms with van der Waals surface area (Å²) in [6.45, 7) is 0. The van der Waals surface area contributed by atoms with Crippen LogP contribution in [0.15, 0.2) is 65.6 Å². The average Bonchev–Trinajstić information content (AvgIpc) is 2.51. The van der Waals surface area contributed by atoms with Gasteiger partial charge in [-0.25, -0.2) is 4.39 Å². The molecule has 0 amide bonds.